The highest BCUT2D eigenvalue weighted by Gasteiger charge is 2.44. The van der Waals surface area contributed by atoms with E-state index in [2.05, 4.69) is 15.1 Å². The Bertz CT molecular complexity index is 1850. The van der Waals surface area contributed by atoms with Crippen molar-refractivity contribution >= 4 is 28.7 Å². The Morgan fingerprint density at radius 3 is 2.29 bits per heavy atom. The number of hydrogen-bond donors (Lipinski definition) is 1. The summed E-state index contributed by atoms with van der Waals surface area (Å²) in [6.07, 6.45) is -6.76. The topological polar surface area (TPSA) is 111 Å². The molecule has 4 aromatic rings. The number of benzene rings is 2. The third-order valence-corrected chi connectivity index (χ3v) is 8.76. The number of likely N-dealkylation sites (tertiary alicyclic amines) is 1. The van der Waals surface area contributed by atoms with Gasteiger partial charge in [-0.3, -0.25) is 4.79 Å². The molecule has 17 heteroatoms. The molecule has 1 unspecified atom stereocenters. The minimum Gasteiger partial charge on any atom is -0.497 e. The number of alkyl halides is 6. The van der Waals surface area contributed by atoms with E-state index in [0.717, 1.165) is 10.6 Å². The average Bonchev–Trinajstić information content (AvgIpc) is 3.45. The summed E-state index contributed by atoms with van der Waals surface area (Å²) < 4.78 is 91.7. The molecule has 0 aliphatic carbocycles. The lowest BCUT2D eigenvalue weighted by molar-refractivity contribution is -0.241. The molecule has 1 N–H and O–H groups in total. The maximum Gasteiger partial charge on any atom is 0.492 e. The zero-order chi connectivity index (χ0) is 36.3. The molecule has 6 rings (SSSR count). The number of rotatable bonds is 9. The van der Waals surface area contributed by atoms with E-state index < -0.39 is 42.7 Å². The van der Waals surface area contributed by atoms with Crippen molar-refractivity contribution in [2.75, 3.05) is 38.6 Å². The van der Waals surface area contributed by atoms with Gasteiger partial charge in [-0.1, -0.05) is 12.1 Å². The molecule has 0 radical (unpaired) electrons. The highest BCUT2D eigenvalue weighted by Crippen LogP contribution is 2.36. The average molecular weight is 721 g/mol. The van der Waals surface area contributed by atoms with Gasteiger partial charge in [0.1, 0.15) is 22.6 Å². The summed E-state index contributed by atoms with van der Waals surface area (Å²) in [5, 5.41) is 9.46. The normalized spacial score (nSPS) is 18.8. The van der Waals surface area contributed by atoms with Crippen LogP contribution in [0.4, 0.5) is 32.2 Å². The lowest BCUT2D eigenvalue weighted by Crippen LogP contribution is -2.45. The van der Waals surface area contributed by atoms with E-state index >= 15 is 0 Å². The van der Waals surface area contributed by atoms with Gasteiger partial charge in [0.15, 0.2) is 11.5 Å². The summed E-state index contributed by atoms with van der Waals surface area (Å²) in [7, 11) is 1.56. The van der Waals surface area contributed by atoms with Crippen molar-refractivity contribution in [3.63, 3.8) is 0 Å². The number of piperidine rings is 2. The Hall–Kier alpha value is -5.06. The lowest BCUT2D eigenvalue weighted by atomic mass is 9.97. The summed E-state index contributed by atoms with van der Waals surface area (Å²) in [5.41, 5.74) is 1.52. The number of hydrogen-bond acceptors (Lipinski definition) is 9. The standard InChI is InChI=1S/C34H34F6N6O5/c1-49-25-10-6-21(7-11-25)18-46-30-28(29(43-46)42-24-5-3-17-45(20-24)51-32(48)34(38,39)40)27(14-15-41-30)50-26-12-8-22(9-13-26)31(47)44-16-2-4-23(19-44)33(35,36)37/h6-15,23-24H,2-5,16-20H2,1H3,(H,42,43)/t23?,24-/m1/s1. The number of methoxy groups -OCH3 is 1. The Labute approximate surface area is 288 Å². The fourth-order valence-electron chi connectivity index (χ4n) is 6.18. The van der Waals surface area contributed by atoms with E-state index in [0.29, 0.717) is 53.5 Å². The third kappa shape index (κ3) is 8.46. The molecule has 51 heavy (non-hydrogen) atoms. The van der Waals surface area contributed by atoms with Crippen LogP contribution in [0.3, 0.4) is 0 Å². The van der Waals surface area contributed by atoms with Crippen LogP contribution in [-0.4, -0.2) is 88.3 Å². The van der Waals surface area contributed by atoms with Crippen LogP contribution in [-0.2, 0) is 16.2 Å². The molecule has 2 aromatic carbocycles. The molecule has 2 saturated heterocycles. The second kappa shape index (κ2) is 14.7. The zero-order valence-corrected chi connectivity index (χ0v) is 27.3. The van der Waals surface area contributed by atoms with E-state index in [1.807, 2.05) is 12.1 Å². The fraction of sp³-hybridized carbons (Fsp3) is 0.412. The number of aromatic nitrogens is 3. The van der Waals surface area contributed by atoms with Gasteiger partial charge in [0.25, 0.3) is 5.91 Å². The van der Waals surface area contributed by atoms with Gasteiger partial charge in [0.2, 0.25) is 0 Å². The molecular formula is C34H34F6N6O5. The van der Waals surface area contributed by atoms with Crippen LogP contribution in [0.2, 0.25) is 0 Å². The molecule has 2 atom stereocenters. The highest BCUT2D eigenvalue weighted by atomic mass is 19.4. The van der Waals surface area contributed by atoms with Crippen molar-refractivity contribution in [3.8, 4) is 17.2 Å². The number of carbonyl (C=O) groups excluding carboxylic acids is 2. The van der Waals surface area contributed by atoms with Crippen LogP contribution in [0.5, 0.6) is 17.2 Å². The van der Waals surface area contributed by atoms with Crippen LogP contribution >= 0.6 is 0 Å². The number of halogens is 6. The minimum absolute atomic E-state index is 0.0154. The molecule has 2 fully saturated rings. The SMILES string of the molecule is COc1ccc(Cn2nc(N[C@@H]3CCCN(OC(=O)C(F)(F)F)C3)c3c(Oc4ccc(C(=O)N5CCCC(C(F)(F)F)C5)cc4)ccnc32)cc1. The van der Waals surface area contributed by atoms with E-state index in [1.165, 1.54) is 35.4 Å². The molecule has 11 nitrogen and oxygen atoms in total. The van der Waals surface area contributed by atoms with E-state index in [9.17, 15) is 35.9 Å². The Kier molecular flexibility index (Phi) is 10.3. The molecule has 0 saturated carbocycles. The van der Waals surface area contributed by atoms with Crippen molar-refractivity contribution in [2.24, 2.45) is 5.92 Å². The molecule has 2 aliphatic rings. The van der Waals surface area contributed by atoms with E-state index in [1.54, 1.807) is 30.0 Å². The van der Waals surface area contributed by atoms with Crippen molar-refractivity contribution in [1.82, 2.24) is 24.7 Å². The first-order valence-electron chi connectivity index (χ1n) is 16.2. The molecule has 2 aliphatic heterocycles. The van der Waals surface area contributed by atoms with Gasteiger partial charge < -0.3 is 24.5 Å². The summed E-state index contributed by atoms with van der Waals surface area (Å²) >= 11 is 0. The number of nitrogens with zero attached hydrogens (tertiary/aromatic N) is 5. The first-order valence-corrected chi connectivity index (χ1v) is 16.2. The summed E-state index contributed by atoms with van der Waals surface area (Å²) in [5.74, 6) is -2.73. The molecule has 1 amide bonds. The first kappa shape index (κ1) is 35.8. The Morgan fingerprint density at radius 1 is 0.902 bits per heavy atom. The molecular weight excluding hydrogens is 686 g/mol. The largest absolute Gasteiger partial charge is 0.497 e. The summed E-state index contributed by atoms with van der Waals surface area (Å²) in [6, 6.07) is 14.5. The van der Waals surface area contributed by atoms with Crippen molar-refractivity contribution in [3.05, 3.63) is 71.9 Å². The van der Waals surface area contributed by atoms with Gasteiger partial charge in [-0.25, -0.2) is 14.5 Å². The molecule has 0 bridgehead atoms. The van der Waals surface area contributed by atoms with Gasteiger partial charge in [0.05, 0.1) is 26.1 Å². The number of nitrogens with one attached hydrogen (secondary N) is 1. The Balaban J connectivity index is 1.25. The lowest BCUT2D eigenvalue weighted by Gasteiger charge is -2.33. The number of carbonyl (C=O) groups is 2. The summed E-state index contributed by atoms with van der Waals surface area (Å²) in [6.45, 7) is 0.220. The zero-order valence-electron chi connectivity index (χ0n) is 27.3. The van der Waals surface area contributed by atoms with Crippen LogP contribution in [0.1, 0.15) is 41.6 Å². The monoisotopic (exact) mass is 720 g/mol. The van der Waals surface area contributed by atoms with Crippen molar-refractivity contribution in [1.29, 1.82) is 0 Å². The predicted molar refractivity (Wildman–Crippen MR) is 171 cm³/mol. The summed E-state index contributed by atoms with van der Waals surface area (Å²) in [4.78, 5) is 34.9. The minimum atomic E-state index is -5.13. The second-order valence-electron chi connectivity index (χ2n) is 12.4. The highest BCUT2D eigenvalue weighted by molar-refractivity contribution is 5.95. The van der Waals surface area contributed by atoms with Gasteiger partial charge in [-0.05, 0) is 67.6 Å². The van der Waals surface area contributed by atoms with Gasteiger partial charge >= 0.3 is 18.3 Å². The quantitative estimate of drug-likeness (QED) is 0.192. The first-order chi connectivity index (χ1) is 24.3. The van der Waals surface area contributed by atoms with Gasteiger partial charge in [-0.15, -0.1) is 5.06 Å². The number of fused-ring (bicyclic) bond motifs is 1. The molecule has 272 valence electrons. The van der Waals surface area contributed by atoms with Crippen LogP contribution < -0.4 is 14.8 Å². The number of ether oxygens (including phenoxy) is 2. The van der Waals surface area contributed by atoms with Crippen molar-refractivity contribution in [2.45, 2.75) is 50.6 Å². The van der Waals surface area contributed by atoms with Crippen LogP contribution in [0.25, 0.3) is 11.0 Å². The number of pyridine rings is 1. The second-order valence-corrected chi connectivity index (χ2v) is 12.4. The Morgan fingerprint density at radius 2 is 1.61 bits per heavy atom. The third-order valence-electron chi connectivity index (χ3n) is 8.76. The smallest absolute Gasteiger partial charge is 0.492 e. The van der Waals surface area contributed by atoms with Gasteiger partial charge in [-0.2, -0.15) is 31.4 Å². The molecule has 0 spiro atoms. The van der Waals surface area contributed by atoms with Gasteiger partial charge in [0, 0.05) is 43.5 Å². The van der Waals surface area contributed by atoms with E-state index in [4.69, 9.17) is 14.6 Å². The molecule has 4 heterocycles. The maximum absolute atomic E-state index is 13.3. The van der Waals surface area contributed by atoms with Crippen LogP contribution in [0, 0.1) is 5.92 Å². The fourth-order valence-corrected chi connectivity index (χ4v) is 6.18. The molecule has 2 aromatic heterocycles. The van der Waals surface area contributed by atoms with E-state index in [-0.39, 0.29) is 38.0 Å². The van der Waals surface area contributed by atoms with Crippen molar-refractivity contribution < 1.29 is 50.2 Å². The number of hydroxylamine groups is 2. The predicted octanol–water partition coefficient (Wildman–Crippen LogP) is 6.59. The maximum atomic E-state index is 13.3. The van der Waals surface area contributed by atoms with Crippen LogP contribution in [0.15, 0.2) is 60.8 Å². The number of amides is 1. The number of anilines is 1.